The van der Waals surface area contributed by atoms with Crippen molar-refractivity contribution in [3.63, 3.8) is 0 Å². The van der Waals surface area contributed by atoms with Gasteiger partial charge in [-0.2, -0.15) is 0 Å². The fourth-order valence-corrected chi connectivity index (χ4v) is 1.39. The molecule has 1 aliphatic heterocycles. The van der Waals surface area contributed by atoms with Gasteiger partial charge in [-0.05, 0) is 18.2 Å². The first-order valence-corrected chi connectivity index (χ1v) is 4.45. The number of fused-ring (bicyclic) bond motifs is 1. The minimum absolute atomic E-state index is 0.0928. The number of aliphatic carboxylic acids is 1. The van der Waals surface area contributed by atoms with Gasteiger partial charge in [0.05, 0.1) is 12.7 Å². The van der Waals surface area contributed by atoms with Crippen LogP contribution in [0.3, 0.4) is 0 Å². The Morgan fingerprint density at radius 1 is 1.53 bits per heavy atom. The van der Waals surface area contributed by atoms with E-state index in [2.05, 4.69) is 0 Å². The number of methoxy groups -OCH3 is 1. The highest BCUT2D eigenvalue weighted by atomic mass is 16.5. The zero-order valence-electron chi connectivity index (χ0n) is 8.19. The van der Waals surface area contributed by atoms with Crippen LogP contribution in [0.4, 0.5) is 0 Å². The Labute approximate surface area is 86.7 Å². The third kappa shape index (κ3) is 1.79. The number of rotatable bonds is 2. The number of carboxylic acids is 1. The van der Waals surface area contributed by atoms with Crippen molar-refractivity contribution < 1.29 is 19.4 Å². The van der Waals surface area contributed by atoms with Gasteiger partial charge in [0.1, 0.15) is 18.1 Å². The molecule has 0 saturated heterocycles. The Bertz CT molecular complexity index is 434. The van der Waals surface area contributed by atoms with Crippen LogP contribution in [0, 0.1) is 0 Å². The van der Waals surface area contributed by atoms with Crippen molar-refractivity contribution in [1.29, 1.82) is 0 Å². The van der Waals surface area contributed by atoms with Crippen molar-refractivity contribution in [2.24, 2.45) is 0 Å². The van der Waals surface area contributed by atoms with Crippen molar-refractivity contribution in [3.05, 3.63) is 29.3 Å². The van der Waals surface area contributed by atoms with E-state index in [0.717, 1.165) is 5.56 Å². The number of carboxylic acid groups (broad SMARTS) is 1. The first kappa shape index (κ1) is 9.58. The predicted molar refractivity (Wildman–Crippen MR) is 54.1 cm³/mol. The molecule has 0 aliphatic carbocycles. The lowest BCUT2D eigenvalue weighted by atomic mass is 10.1. The van der Waals surface area contributed by atoms with Gasteiger partial charge < -0.3 is 14.6 Å². The Morgan fingerprint density at radius 2 is 2.33 bits per heavy atom. The lowest BCUT2D eigenvalue weighted by molar-refractivity contribution is -0.132. The summed E-state index contributed by atoms with van der Waals surface area (Å²) in [7, 11) is 1.57. The second kappa shape index (κ2) is 3.65. The third-order valence-corrected chi connectivity index (χ3v) is 2.21. The number of carbonyl (C=O) groups is 1. The maximum Gasteiger partial charge on any atom is 0.335 e. The highest BCUT2D eigenvalue weighted by molar-refractivity contribution is 5.93. The van der Waals surface area contributed by atoms with Gasteiger partial charge in [-0.25, -0.2) is 4.79 Å². The summed E-state index contributed by atoms with van der Waals surface area (Å²) in [6.45, 7) is 0.0928. The highest BCUT2D eigenvalue weighted by Crippen LogP contribution is 2.30. The van der Waals surface area contributed by atoms with Crippen molar-refractivity contribution >= 4 is 12.0 Å². The highest BCUT2D eigenvalue weighted by Gasteiger charge is 2.16. The number of hydrogen-bond acceptors (Lipinski definition) is 3. The van der Waals surface area contributed by atoms with Crippen LogP contribution in [-0.4, -0.2) is 24.8 Å². The van der Waals surface area contributed by atoms with Crippen LogP contribution in [0.2, 0.25) is 0 Å². The van der Waals surface area contributed by atoms with Crippen LogP contribution in [0.15, 0.2) is 23.8 Å². The average molecular weight is 206 g/mol. The largest absolute Gasteiger partial charge is 0.497 e. The summed E-state index contributed by atoms with van der Waals surface area (Å²) in [5.74, 6) is 0.400. The van der Waals surface area contributed by atoms with Crippen LogP contribution in [0.5, 0.6) is 11.5 Å². The van der Waals surface area contributed by atoms with Gasteiger partial charge in [0.25, 0.3) is 0 Å². The maximum absolute atomic E-state index is 10.7. The van der Waals surface area contributed by atoms with E-state index in [4.69, 9.17) is 14.6 Å². The van der Waals surface area contributed by atoms with Crippen LogP contribution in [0.1, 0.15) is 5.56 Å². The molecule has 0 unspecified atom stereocenters. The summed E-state index contributed by atoms with van der Waals surface area (Å²) < 4.78 is 10.3. The predicted octanol–water partition coefficient (Wildman–Crippen LogP) is 1.56. The molecule has 0 aromatic heterocycles. The van der Waals surface area contributed by atoms with Crippen LogP contribution in [0.25, 0.3) is 6.08 Å². The van der Waals surface area contributed by atoms with E-state index in [9.17, 15) is 4.79 Å². The number of benzene rings is 1. The molecule has 0 spiro atoms. The molecule has 4 heteroatoms. The van der Waals surface area contributed by atoms with E-state index in [1.54, 1.807) is 31.4 Å². The number of ether oxygens (including phenoxy) is 2. The van der Waals surface area contributed by atoms with Crippen molar-refractivity contribution in [1.82, 2.24) is 0 Å². The lowest BCUT2D eigenvalue weighted by Crippen LogP contribution is -2.14. The Kier molecular flexibility index (Phi) is 2.33. The van der Waals surface area contributed by atoms with Crippen molar-refractivity contribution in [3.8, 4) is 11.5 Å². The Morgan fingerprint density at radius 3 is 3.00 bits per heavy atom. The van der Waals surface area contributed by atoms with Crippen molar-refractivity contribution in [2.45, 2.75) is 0 Å². The molecule has 0 saturated carbocycles. The van der Waals surface area contributed by atoms with Gasteiger partial charge in [0.2, 0.25) is 0 Å². The normalized spacial score (nSPS) is 13.5. The van der Waals surface area contributed by atoms with Crippen molar-refractivity contribution in [2.75, 3.05) is 13.7 Å². The smallest absolute Gasteiger partial charge is 0.335 e. The quantitative estimate of drug-likeness (QED) is 0.797. The molecule has 1 aromatic rings. The zero-order chi connectivity index (χ0) is 10.8. The van der Waals surface area contributed by atoms with Gasteiger partial charge in [0, 0.05) is 11.6 Å². The minimum Gasteiger partial charge on any atom is -0.497 e. The second-order valence-corrected chi connectivity index (χ2v) is 3.17. The van der Waals surface area contributed by atoms with E-state index in [-0.39, 0.29) is 12.2 Å². The van der Waals surface area contributed by atoms with E-state index in [0.29, 0.717) is 11.5 Å². The summed E-state index contributed by atoms with van der Waals surface area (Å²) in [5, 5.41) is 8.79. The lowest BCUT2D eigenvalue weighted by Gasteiger charge is -2.16. The molecule has 1 N–H and O–H groups in total. The second-order valence-electron chi connectivity index (χ2n) is 3.17. The average Bonchev–Trinajstić information content (AvgIpc) is 2.27. The summed E-state index contributed by atoms with van der Waals surface area (Å²) in [6.07, 6.45) is 1.61. The van der Waals surface area contributed by atoms with E-state index in [1.165, 1.54) is 0 Å². The molecule has 1 heterocycles. The summed E-state index contributed by atoms with van der Waals surface area (Å²) in [4.78, 5) is 10.7. The fraction of sp³-hybridized carbons (Fsp3) is 0.182. The van der Waals surface area contributed by atoms with E-state index >= 15 is 0 Å². The Balaban J connectivity index is 2.40. The van der Waals surface area contributed by atoms with E-state index in [1.807, 2.05) is 0 Å². The minimum atomic E-state index is -0.948. The summed E-state index contributed by atoms with van der Waals surface area (Å²) in [5.41, 5.74) is 1.02. The van der Waals surface area contributed by atoms with Gasteiger partial charge in [-0.3, -0.25) is 0 Å². The number of hydrogen-bond donors (Lipinski definition) is 1. The molecule has 0 bridgehead atoms. The molecule has 0 fully saturated rings. The first-order chi connectivity index (χ1) is 7.20. The van der Waals surface area contributed by atoms with Crippen LogP contribution >= 0.6 is 0 Å². The molecule has 78 valence electrons. The summed E-state index contributed by atoms with van der Waals surface area (Å²) >= 11 is 0. The SMILES string of the molecule is COc1ccc2c(c1)OCC(C(=O)O)=C2. The Hall–Kier alpha value is -1.97. The molecule has 1 aliphatic rings. The molecule has 0 radical (unpaired) electrons. The van der Waals surface area contributed by atoms with Gasteiger partial charge in [-0.15, -0.1) is 0 Å². The molecule has 4 nitrogen and oxygen atoms in total. The molecule has 2 rings (SSSR count). The third-order valence-electron chi connectivity index (χ3n) is 2.21. The first-order valence-electron chi connectivity index (χ1n) is 4.45. The zero-order valence-corrected chi connectivity index (χ0v) is 8.19. The topological polar surface area (TPSA) is 55.8 Å². The fourth-order valence-electron chi connectivity index (χ4n) is 1.39. The standard InChI is InChI=1S/C11H10O4/c1-14-9-3-2-7-4-8(11(12)13)6-15-10(7)5-9/h2-5H,6H2,1H3,(H,12,13). The monoisotopic (exact) mass is 206 g/mol. The van der Waals surface area contributed by atoms with Crippen LogP contribution in [-0.2, 0) is 4.79 Å². The molecule has 0 atom stereocenters. The summed E-state index contributed by atoms with van der Waals surface area (Å²) in [6, 6.07) is 5.28. The molecular weight excluding hydrogens is 196 g/mol. The van der Waals surface area contributed by atoms with Gasteiger partial charge in [0.15, 0.2) is 0 Å². The van der Waals surface area contributed by atoms with Gasteiger partial charge >= 0.3 is 5.97 Å². The molecular formula is C11H10O4. The maximum atomic E-state index is 10.7. The molecule has 0 amide bonds. The molecule has 15 heavy (non-hydrogen) atoms. The van der Waals surface area contributed by atoms with E-state index < -0.39 is 5.97 Å². The van der Waals surface area contributed by atoms with Crippen LogP contribution < -0.4 is 9.47 Å². The molecule has 1 aromatic carbocycles. The van der Waals surface area contributed by atoms with Gasteiger partial charge in [-0.1, -0.05) is 0 Å².